The minimum absolute atomic E-state index is 0.338. The standard InChI is InChI=1S/C18H23NO2/c1-15-7-6-10-17(11-15)19(2)12-18(20)14-21-13-16-8-4-3-5-9-16/h3-11,18,20H,12-14H2,1-2H3. The summed E-state index contributed by atoms with van der Waals surface area (Å²) in [7, 11) is 1.98. The minimum Gasteiger partial charge on any atom is -0.389 e. The number of ether oxygens (including phenoxy) is 1. The molecule has 112 valence electrons. The molecule has 0 aromatic heterocycles. The van der Waals surface area contributed by atoms with Crippen molar-refractivity contribution in [2.24, 2.45) is 0 Å². The van der Waals surface area contributed by atoms with E-state index in [1.54, 1.807) is 0 Å². The van der Waals surface area contributed by atoms with Crippen molar-refractivity contribution in [3.63, 3.8) is 0 Å². The summed E-state index contributed by atoms with van der Waals surface area (Å²) in [5.41, 5.74) is 3.45. The van der Waals surface area contributed by atoms with Gasteiger partial charge < -0.3 is 14.7 Å². The first kappa shape index (κ1) is 15.5. The van der Waals surface area contributed by atoms with Gasteiger partial charge in [-0.1, -0.05) is 42.5 Å². The van der Waals surface area contributed by atoms with Crippen molar-refractivity contribution in [2.45, 2.75) is 19.6 Å². The summed E-state index contributed by atoms with van der Waals surface area (Å²) in [6.07, 6.45) is -0.501. The van der Waals surface area contributed by atoms with Crippen LogP contribution in [0.3, 0.4) is 0 Å². The molecule has 0 aliphatic carbocycles. The van der Waals surface area contributed by atoms with Crippen LogP contribution in [0.25, 0.3) is 0 Å². The molecule has 2 aromatic carbocycles. The highest BCUT2D eigenvalue weighted by molar-refractivity contribution is 5.47. The fourth-order valence-electron chi connectivity index (χ4n) is 2.23. The van der Waals surface area contributed by atoms with Crippen molar-refractivity contribution in [1.29, 1.82) is 0 Å². The average Bonchev–Trinajstić information content (AvgIpc) is 2.48. The van der Waals surface area contributed by atoms with Crippen molar-refractivity contribution in [3.8, 4) is 0 Å². The van der Waals surface area contributed by atoms with Gasteiger partial charge in [-0.3, -0.25) is 0 Å². The van der Waals surface area contributed by atoms with Crippen LogP contribution in [-0.2, 0) is 11.3 Å². The minimum atomic E-state index is -0.501. The number of aryl methyl sites for hydroxylation is 1. The third-order valence-corrected chi connectivity index (χ3v) is 3.35. The maximum absolute atomic E-state index is 10.1. The number of nitrogens with zero attached hydrogens (tertiary/aromatic N) is 1. The largest absolute Gasteiger partial charge is 0.389 e. The van der Waals surface area contributed by atoms with Crippen molar-refractivity contribution in [1.82, 2.24) is 0 Å². The Morgan fingerprint density at radius 1 is 1.10 bits per heavy atom. The molecule has 0 amide bonds. The normalized spacial score (nSPS) is 12.1. The number of hydrogen-bond donors (Lipinski definition) is 1. The molecule has 1 unspecified atom stereocenters. The zero-order valence-corrected chi connectivity index (χ0v) is 12.7. The van der Waals surface area contributed by atoms with Crippen molar-refractivity contribution >= 4 is 5.69 Å². The molecule has 0 radical (unpaired) electrons. The van der Waals surface area contributed by atoms with E-state index in [0.29, 0.717) is 19.8 Å². The molecule has 2 rings (SSSR count). The average molecular weight is 285 g/mol. The van der Waals surface area contributed by atoms with Gasteiger partial charge in [0.25, 0.3) is 0 Å². The number of rotatable bonds is 7. The SMILES string of the molecule is Cc1cccc(N(C)CC(O)COCc2ccccc2)c1. The highest BCUT2D eigenvalue weighted by Crippen LogP contribution is 2.14. The molecule has 1 N–H and O–H groups in total. The number of benzene rings is 2. The van der Waals surface area contributed by atoms with E-state index in [0.717, 1.165) is 11.3 Å². The molecule has 0 saturated heterocycles. The molecule has 0 bridgehead atoms. The number of aliphatic hydroxyl groups is 1. The summed E-state index contributed by atoms with van der Waals surface area (Å²) in [5.74, 6) is 0. The van der Waals surface area contributed by atoms with Gasteiger partial charge in [0, 0.05) is 19.3 Å². The van der Waals surface area contributed by atoms with Crippen LogP contribution in [0.15, 0.2) is 54.6 Å². The highest BCUT2D eigenvalue weighted by atomic mass is 16.5. The number of aliphatic hydroxyl groups excluding tert-OH is 1. The maximum atomic E-state index is 10.1. The molecule has 0 fully saturated rings. The monoisotopic (exact) mass is 285 g/mol. The maximum Gasteiger partial charge on any atom is 0.0948 e. The second-order valence-corrected chi connectivity index (χ2v) is 5.37. The van der Waals surface area contributed by atoms with Crippen LogP contribution in [0.5, 0.6) is 0 Å². The van der Waals surface area contributed by atoms with E-state index >= 15 is 0 Å². The summed E-state index contributed by atoms with van der Waals surface area (Å²) in [6.45, 7) is 3.49. The van der Waals surface area contributed by atoms with Gasteiger partial charge in [0.1, 0.15) is 0 Å². The van der Waals surface area contributed by atoms with Crippen molar-refractivity contribution in [3.05, 3.63) is 65.7 Å². The third-order valence-electron chi connectivity index (χ3n) is 3.35. The first-order valence-electron chi connectivity index (χ1n) is 7.22. The van der Waals surface area contributed by atoms with Gasteiger partial charge in [-0.25, -0.2) is 0 Å². The molecule has 3 nitrogen and oxygen atoms in total. The molecule has 0 aliphatic rings. The van der Waals surface area contributed by atoms with E-state index in [1.165, 1.54) is 5.56 Å². The summed E-state index contributed by atoms with van der Waals surface area (Å²) in [5, 5.41) is 10.1. The third kappa shape index (κ3) is 5.21. The van der Waals surface area contributed by atoms with Crippen molar-refractivity contribution in [2.75, 3.05) is 25.1 Å². The first-order valence-corrected chi connectivity index (χ1v) is 7.22. The Morgan fingerprint density at radius 3 is 2.57 bits per heavy atom. The number of anilines is 1. The zero-order chi connectivity index (χ0) is 15.1. The van der Waals surface area contributed by atoms with E-state index in [2.05, 4.69) is 19.1 Å². The van der Waals surface area contributed by atoms with Gasteiger partial charge in [0.15, 0.2) is 0 Å². The van der Waals surface area contributed by atoms with Gasteiger partial charge in [-0.2, -0.15) is 0 Å². The fraction of sp³-hybridized carbons (Fsp3) is 0.333. The van der Waals surface area contributed by atoms with E-state index in [4.69, 9.17) is 4.74 Å². The number of hydrogen-bond acceptors (Lipinski definition) is 3. The van der Waals surface area contributed by atoms with Gasteiger partial charge in [-0.15, -0.1) is 0 Å². The molecule has 3 heteroatoms. The molecule has 0 spiro atoms. The van der Waals surface area contributed by atoms with Crippen LogP contribution in [0.2, 0.25) is 0 Å². The van der Waals surface area contributed by atoms with Crippen LogP contribution in [0, 0.1) is 6.92 Å². The van der Waals surface area contributed by atoms with Crippen LogP contribution in [-0.4, -0.2) is 31.4 Å². The first-order chi connectivity index (χ1) is 10.1. The van der Waals surface area contributed by atoms with Crippen LogP contribution < -0.4 is 4.90 Å². The summed E-state index contributed by atoms with van der Waals surface area (Å²) in [6, 6.07) is 18.2. The Balaban J connectivity index is 1.75. The summed E-state index contributed by atoms with van der Waals surface area (Å²) >= 11 is 0. The lowest BCUT2D eigenvalue weighted by Gasteiger charge is -2.23. The van der Waals surface area contributed by atoms with Crippen LogP contribution in [0.1, 0.15) is 11.1 Å². The zero-order valence-electron chi connectivity index (χ0n) is 12.7. The predicted molar refractivity (Wildman–Crippen MR) is 86.6 cm³/mol. The summed E-state index contributed by atoms with van der Waals surface area (Å²) < 4.78 is 5.57. The Morgan fingerprint density at radius 2 is 1.86 bits per heavy atom. The Hall–Kier alpha value is -1.84. The van der Waals surface area contributed by atoms with Crippen LogP contribution >= 0.6 is 0 Å². The van der Waals surface area contributed by atoms with E-state index in [9.17, 15) is 5.11 Å². The van der Waals surface area contributed by atoms with E-state index in [-0.39, 0.29) is 0 Å². The fourth-order valence-corrected chi connectivity index (χ4v) is 2.23. The van der Waals surface area contributed by atoms with Gasteiger partial charge in [0.2, 0.25) is 0 Å². The molecule has 0 aliphatic heterocycles. The van der Waals surface area contributed by atoms with E-state index < -0.39 is 6.10 Å². The Kier molecular flexibility index (Phi) is 5.78. The van der Waals surface area contributed by atoms with Gasteiger partial charge in [0.05, 0.1) is 19.3 Å². The highest BCUT2D eigenvalue weighted by Gasteiger charge is 2.09. The molecular formula is C18H23NO2. The molecule has 1 atom stereocenters. The Labute approximate surface area is 126 Å². The summed E-state index contributed by atoms with van der Waals surface area (Å²) in [4.78, 5) is 2.05. The van der Waals surface area contributed by atoms with Crippen molar-refractivity contribution < 1.29 is 9.84 Å². The molecular weight excluding hydrogens is 262 g/mol. The lowest BCUT2D eigenvalue weighted by molar-refractivity contribution is 0.0324. The van der Waals surface area contributed by atoms with E-state index in [1.807, 2.05) is 54.4 Å². The smallest absolute Gasteiger partial charge is 0.0948 e. The van der Waals surface area contributed by atoms with Gasteiger partial charge >= 0.3 is 0 Å². The second kappa shape index (κ2) is 7.81. The second-order valence-electron chi connectivity index (χ2n) is 5.37. The quantitative estimate of drug-likeness (QED) is 0.849. The molecule has 0 heterocycles. The molecule has 0 saturated carbocycles. The number of likely N-dealkylation sites (N-methyl/N-ethyl adjacent to an activating group) is 1. The lowest BCUT2D eigenvalue weighted by atomic mass is 10.2. The topological polar surface area (TPSA) is 32.7 Å². The predicted octanol–water partition coefficient (Wildman–Crippen LogP) is 3.01. The van der Waals surface area contributed by atoms with Gasteiger partial charge in [-0.05, 0) is 30.2 Å². The Bertz CT molecular complexity index is 542. The molecule has 2 aromatic rings. The van der Waals surface area contributed by atoms with Crippen LogP contribution in [0.4, 0.5) is 5.69 Å². The molecule has 21 heavy (non-hydrogen) atoms. The lowest BCUT2D eigenvalue weighted by Crippen LogP contribution is -2.32.